The summed E-state index contributed by atoms with van der Waals surface area (Å²) >= 11 is 5.90. The second kappa shape index (κ2) is 7.68. The number of aromatic nitrogens is 2. The van der Waals surface area contributed by atoms with Gasteiger partial charge < -0.3 is 14.8 Å². The molecule has 144 valence electrons. The molecule has 2 aromatic heterocycles. The van der Waals surface area contributed by atoms with E-state index in [1.807, 2.05) is 17.2 Å². The molecule has 4 rings (SSSR count). The number of hydrogen-bond acceptors (Lipinski definition) is 2. The number of fused-ring (bicyclic) bond motifs is 1. The topological polar surface area (TPSA) is 50.2 Å². The van der Waals surface area contributed by atoms with Crippen molar-refractivity contribution in [2.75, 3.05) is 18.4 Å². The summed E-state index contributed by atoms with van der Waals surface area (Å²) in [5, 5.41) is 4.75. The lowest BCUT2D eigenvalue weighted by atomic mass is 10.00. The van der Waals surface area contributed by atoms with Gasteiger partial charge >= 0.3 is 6.03 Å². The van der Waals surface area contributed by atoms with Gasteiger partial charge in [-0.3, -0.25) is 0 Å². The number of benzene rings is 1. The third-order valence-electron chi connectivity index (χ3n) is 5.08. The summed E-state index contributed by atoms with van der Waals surface area (Å²) in [6, 6.07) is 11.5. The average Bonchev–Trinajstić information content (AvgIpc) is 3.10. The lowest BCUT2D eigenvalue weighted by Crippen LogP contribution is -2.37. The molecule has 0 fully saturated rings. The van der Waals surface area contributed by atoms with Crippen molar-refractivity contribution in [3.8, 4) is 0 Å². The first-order valence-corrected chi connectivity index (χ1v) is 9.87. The second-order valence-electron chi connectivity index (χ2n) is 7.28. The van der Waals surface area contributed by atoms with Crippen LogP contribution in [0.5, 0.6) is 0 Å². The van der Waals surface area contributed by atoms with Crippen molar-refractivity contribution >= 4 is 39.9 Å². The van der Waals surface area contributed by atoms with Crippen LogP contribution in [-0.2, 0) is 0 Å². The molecule has 0 radical (unpaired) electrons. The molecule has 6 heteroatoms. The van der Waals surface area contributed by atoms with Crippen LogP contribution in [0.15, 0.2) is 54.9 Å². The van der Waals surface area contributed by atoms with Crippen LogP contribution in [0.4, 0.5) is 10.5 Å². The Kier molecular flexibility index (Phi) is 5.09. The number of carbonyl (C=O) groups is 1. The summed E-state index contributed by atoms with van der Waals surface area (Å²) in [5.74, 6) is 0. The van der Waals surface area contributed by atoms with Gasteiger partial charge in [0, 0.05) is 53.2 Å². The normalized spacial score (nSPS) is 14.4. The smallest absolute Gasteiger partial charge is 0.322 e. The molecule has 2 amide bonds. The Hall–Kier alpha value is -2.79. The Labute approximate surface area is 169 Å². The number of halogens is 1. The molecule has 1 aromatic carbocycles. The molecule has 0 unspecified atom stereocenters. The van der Waals surface area contributed by atoms with E-state index in [1.54, 1.807) is 24.3 Å². The van der Waals surface area contributed by atoms with E-state index in [0.29, 0.717) is 24.2 Å². The molecule has 0 bridgehead atoms. The van der Waals surface area contributed by atoms with Gasteiger partial charge in [0.1, 0.15) is 5.65 Å². The second-order valence-corrected chi connectivity index (χ2v) is 7.72. The fourth-order valence-electron chi connectivity index (χ4n) is 3.57. The lowest BCUT2D eigenvalue weighted by molar-refractivity contribution is 0.217. The molecule has 0 saturated carbocycles. The van der Waals surface area contributed by atoms with Gasteiger partial charge in [-0.15, -0.1) is 0 Å². The molecule has 1 aliphatic heterocycles. The molecule has 0 atom stereocenters. The average molecular weight is 395 g/mol. The van der Waals surface area contributed by atoms with Gasteiger partial charge in [-0.1, -0.05) is 17.7 Å². The minimum atomic E-state index is -0.0936. The largest absolute Gasteiger partial charge is 0.329 e. The summed E-state index contributed by atoms with van der Waals surface area (Å²) in [5.41, 5.74) is 4.24. The van der Waals surface area contributed by atoms with Crippen molar-refractivity contribution < 1.29 is 4.79 Å². The zero-order valence-corrected chi connectivity index (χ0v) is 16.8. The van der Waals surface area contributed by atoms with Crippen LogP contribution in [0.1, 0.15) is 31.9 Å². The summed E-state index contributed by atoms with van der Waals surface area (Å²) in [7, 11) is 0. The zero-order valence-electron chi connectivity index (χ0n) is 16.0. The van der Waals surface area contributed by atoms with Crippen molar-refractivity contribution in [3.05, 3.63) is 65.5 Å². The van der Waals surface area contributed by atoms with Gasteiger partial charge in [0.05, 0.1) is 0 Å². The first-order chi connectivity index (χ1) is 13.5. The highest BCUT2D eigenvalue weighted by Gasteiger charge is 2.21. The Morgan fingerprint density at radius 3 is 2.68 bits per heavy atom. The highest BCUT2D eigenvalue weighted by molar-refractivity contribution is 6.30. The number of pyridine rings is 1. The number of hydrogen-bond donors (Lipinski definition) is 1. The minimum Gasteiger partial charge on any atom is -0.329 e. The third-order valence-corrected chi connectivity index (χ3v) is 5.34. The molecule has 3 aromatic rings. The first-order valence-electron chi connectivity index (χ1n) is 9.49. The molecule has 0 spiro atoms. The molecular formula is C22H23ClN4O. The number of rotatable bonds is 3. The summed E-state index contributed by atoms with van der Waals surface area (Å²) in [6.45, 7) is 5.59. The number of anilines is 1. The van der Waals surface area contributed by atoms with Crippen molar-refractivity contribution in [2.24, 2.45) is 0 Å². The van der Waals surface area contributed by atoms with Crippen molar-refractivity contribution in [2.45, 2.75) is 26.3 Å². The van der Waals surface area contributed by atoms with Crippen LogP contribution in [0.2, 0.25) is 5.02 Å². The van der Waals surface area contributed by atoms with E-state index in [0.717, 1.165) is 17.8 Å². The van der Waals surface area contributed by atoms with E-state index in [-0.39, 0.29) is 6.03 Å². The van der Waals surface area contributed by atoms with Crippen LogP contribution >= 0.6 is 11.6 Å². The summed E-state index contributed by atoms with van der Waals surface area (Å²) in [6.07, 6.45) is 7.00. The predicted octanol–water partition coefficient (Wildman–Crippen LogP) is 5.59. The van der Waals surface area contributed by atoms with Gasteiger partial charge in [-0.05, 0) is 62.2 Å². The Bertz CT molecular complexity index is 1040. The van der Waals surface area contributed by atoms with Crippen molar-refractivity contribution in [3.63, 3.8) is 0 Å². The van der Waals surface area contributed by atoms with Gasteiger partial charge in [-0.2, -0.15) is 0 Å². The highest BCUT2D eigenvalue weighted by Crippen LogP contribution is 2.31. The maximum atomic E-state index is 12.5. The molecule has 5 nitrogen and oxygen atoms in total. The fourth-order valence-corrected chi connectivity index (χ4v) is 3.69. The Morgan fingerprint density at radius 1 is 1.21 bits per heavy atom. The maximum Gasteiger partial charge on any atom is 0.322 e. The van der Waals surface area contributed by atoms with E-state index in [4.69, 9.17) is 11.6 Å². The standard InChI is InChI=1S/C22H23ClN4O/c1-15(2)27-14-20(19-4-3-11-24-21(19)27)16-9-12-26(13-10-16)22(28)25-18-7-5-17(23)6-8-18/h3-9,11,14-15H,10,12-13H2,1-2H3,(H,25,28). The van der Waals surface area contributed by atoms with Crippen LogP contribution in [0.25, 0.3) is 16.6 Å². The van der Waals surface area contributed by atoms with E-state index < -0.39 is 0 Å². The predicted molar refractivity (Wildman–Crippen MR) is 115 cm³/mol. The maximum absolute atomic E-state index is 12.5. The lowest BCUT2D eigenvalue weighted by Gasteiger charge is -2.26. The number of carbonyl (C=O) groups excluding carboxylic acids is 1. The van der Waals surface area contributed by atoms with E-state index in [2.05, 4.69) is 47.1 Å². The van der Waals surface area contributed by atoms with Crippen molar-refractivity contribution in [1.82, 2.24) is 14.5 Å². The van der Waals surface area contributed by atoms with Gasteiger partial charge in [0.2, 0.25) is 0 Å². The molecule has 1 aliphatic rings. The minimum absolute atomic E-state index is 0.0936. The molecule has 3 heterocycles. The van der Waals surface area contributed by atoms with Crippen LogP contribution in [0, 0.1) is 0 Å². The molecule has 0 aliphatic carbocycles. The van der Waals surface area contributed by atoms with E-state index in [1.165, 1.54) is 16.5 Å². The highest BCUT2D eigenvalue weighted by atomic mass is 35.5. The molecule has 1 N–H and O–H groups in total. The fraction of sp³-hybridized carbons (Fsp3) is 0.273. The Balaban J connectivity index is 1.52. The van der Waals surface area contributed by atoms with Crippen molar-refractivity contribution in [1.29, 1.82) is 0 Å². The van der Waals surface area contributed by atoms with Crippen LogP contribution < -0.4 is 5.32 Å². The summed E-state index contributed by atoms with van der Waals surface area (Å²) in [4.78, 5) is 18.9. The molecular weight excluding hydrogens is 372 g/mol. The van der Waals surface area contributed by atoms with Crippen LogP contribution in [-0.4, -0.2) is 33.6 Å². The van der Waals surface area contributed by atoms with Crippen LogP contribution in [0.3, 0.4) is 0 Å². The number of nitrogens with one attached hydrogen (secondary N) is 1. The SMILES string of the molecule is CC(C)n1cc(C2=CCN(C(=O)Nc3ccc(Cl)cc3)CC2)c2cccnc21. The summed E-state index contributed by atoms with van der Waals surface area (Å²) < 4.78 is 2.21. The molecule has 28 heavy (non-hydrogen) atoms. The van der Waals surface area contributed by atoms with E-state index in [9.17, 15) is 4.79 Å². The van der Waals surface area contributed by atoms with E-state index >= 15 is 0 Å². The number of nitrogens with zero attached hydrogens (tertiary/aromatic N) is 3. The number of amides is 2. The van der Waals surface area contributed by atoms with Gasteiger partial charge in [0.25, 0.3) is 0 Å². The third kappa shape index (κ3) is 3.62. The quantitative estimate of drug-likeness (QED) is 0.629. The van der Waals surface area contributed by atoms with Gasteiger partial charge in [0.15, 0.2) is 0 Å². The van der Waals surface area contributed by atoms with Gasteiger partial charge in [-0.25, -0.2) is 9.78 Å². The first kappa shape index (κ1) is 18.6. The monoisotopic (exact) mass is 394 g/mol. The number of urea groups is 1. The molecule has 0 saturated heterocycles. The zero-order chi connectivity index (χ0) is 19.7. The Morgan fingerprint density at radius 2 is 2.00 bits per heavy atom.